The zero-order valence-electron chi connectivity index (χ0n) is 12.0. The van der Waals surface area contributed by atoms with Crippen LogP contribution >= 0.6 is 0 Å². The first-order valence-corrected chi connectivity index (χ1v) is 7.58. The SMILES string of the molecule is CCOc1ccc(N2CCCC(NC3CC3)C2=O)cc1. The number of nitrogens with zero attached hydrogens (tertiary/aromatic N) is 1. The fourth-order valence-electron chi connectivity index (χ4n) is 2.71. The Hall–Kier alpha value is -1.55. The molecule has 0 spiro atoms. The molecule has 0 aromatic heterocycles. The molecule has 4 nitrogen and oxygen atoms in total. The van der Waals surface area contributed by atoms with Gasteiger partial charge in [0.25, 0.3) is 0 Å². The Bertz CT molecular complexity index is 468. The first-order valence-electron chi connectivity index (χ1n) is 7.58. The first kappa shape index (κ1) is 13.4. The van der Waals surface area contributed by atoms with Crippen molar-refractivity contribution in [1.29, 1.82) is 0 Å². The fraction of sp³-hybridized carbons (Fsp3) is 0.562. The molecule has 1 saturated heterocycles. The largest absolute Gasteiger partial charge is 0.494 e. The second-order valence-electron chi connectivity index (χ2n) is 5.55. The van der Waals surface area contributed by atoms with Crippen molar-refractivity contribution in [3.63, 3.8) is 0 Å². The summed E-state index contributed by atoms with van der Waals surface area (Å²) in [6.45, 7) is 3.45. The highest BCUT2D eigenvalue weighted by Gasteiger charge is 2.33. The minimum atomic E-state index is 0.00261. The van der Waals surface area contributed by atoms with E-state index in [9.17, 15) is 4.79 Å². The molecule has 1 atom stereocenters. The van der Waals surface area contributed by atoms with Gasteiger partial charge in [0, 0.05) is 18.3 Å². The predicted octanol–water partition coefficient (Wildman–Crippen LogP) is 2.33. The van der Waals surface area contributed by atoms with Crippen molar-refractivity contribution in [3.8, 4) is 5.75 Å². The number of nitrogens with one attached hydrogen (secondary N) is 1. The molecular weight excluding hydrogens is 252 g/mol. The second-order valence-corrected chi connectivity index (χ2v) is 5.55. The number of amides is 1. The van der Waals surface area contributed by atoms with Crippen LogP contribution in [0.1, 0.15) is 32.6 Å². The third-order valence-electron chi connectivity index (χ3n) is 3.91. The molecular formula is C16H22N2O2. The monoisotopic (exact) mass is 274 g/mol. The van der Waals surface area contributed by atoms with Gasteiger partial charge >= 0.3 is 0 Å². The maximum Gasteiger partial charge on any atom is 0.244 e. The van der Waals surface area contributed by atoms with Crippen molar-refractivity contribution in [2.45, 2.75) is 44.7 Å². The number of carbonyl (C=O) groups excluding carboxylic acids is 1. The van der Waals surface area contributed by atoms with Gasteiger partial charge < -0.3 is 15.0 Å². The number of anilines is 1. The van der Waals surface area contributed by atoms with Gasteiger partial charge in [-0.2, -0.15) is 0 Å². The standard InChI is InChI=1S/C16H22N2O2/c1-2-20-14-9-7-13(8-10-14)18-11-3-4-15(16(18)19)17-12-5-6-12/h7-10,12,15,17H,2-6,11H2,1H3. The number of piperidine rings is 1. The molecule has 3 rings (SSSR count). The molecule has 2 aliphatic rings. The summed E-state index contributed by atoms with van der Waals surface area (Å²) < 4.78 is 5.44. The smallest absolute Gasteiger partial charge is 0.244 e. The van der Waals surface area contributed by atoms with E-state index in [0.29, 0.717) is 12.6 Å². The van der Waals surface area contributed by atoms with Crippen LogP contribution in [-0.2, 0) is 4.79 Å². The molecule has 1 aliphatic heterocycles. The van der Waals surface area contributed by atoms with Gasteiger partial charge in [0.2, 0.25) is 5.91 Å². The Morgan fingerprint density at radius 2 is 2.00 bits per heavy atom. The number of carbonyl (C=O) groups is 1. The van der Waals surface area contributed by atoms with Gasteiger partial charge in [-0.25, -0.2) is 0 Å². The lowest BCUT2D eigenvalue weighted by Gasteiger charge is -2.33. The lowest BCUT2D eigenvalue weighted by molar-refractivity contribution is -0.121. The summed E-state index contributed by atoms with van der Waals surface area (Å²) in [7, 11) is 0. The number of benzene rings is 1. The first-order chi connectivity index (χ1) is 9.78. The number of ether oxygens (including phenoxy) is 1. The van der Waals surface area contributed by atoms with Crippen LogP contribution in [-0.4, -0.2) is 31.1 Å². The highest BCUT2D eigenvalue weighted by Crippen LogP contribution is 2.26. The minimum Gasteiger partial charge on any atom is -0.494 e. The van der Waals surface area contributed by atoms with Crippen LogP contribution in [0.15, 0.2) is 24.3 Å². The highest BCUT2D eigenvalue weighted by molar-refractivity contribution is 5.98. The van der Waals surface area contributed by atoms with Crippen molar-refractivity contribution in [2.24, 2.45) is 0 Å². The summed E-state index contributed by atoms with van der Waals surface area (Å²) in [5.41, 5.74) is 0.973. The van der Waals surface area contributed by atoms with E-state index in [2.05, 4.69) is 5.32 Å². The average molecular weight is 274 g/mol. The molecule has 1 saturated carbocycles. The molecule has 1 N–H and O–H groups in total. The van der Waals surface area contributed by atoms with Gasteiger partial charge in [-0.1, -0.05) is 0 Å². The Balaban J connectivity index is 1.69. The van der Waals surface area contributed by atoms with Crippen molar-refractivity contribution in [2.75, 3.05) is 18.1 Å². The molecule has 4 heteroatoms. The fourth-order valence-corrected chi connectivity index (χ4v) is 2.71. The molecule has 0 radical (unpaired) electrons. The summed E-state index contributed by atoms with van der Waals surface area (Å²) in [6, 6.07) is 8.39. The summed E-state index contributed by atoms with van der Waals surface area (Å²) in [5, 5.41) is 3.46. The lowest BCUT2D eigenvalue weighted by atomic mass is 10.0. The molecule has 1 unspecified atom stereocenters. The van der Waals surface area contributed by atoms with Crippen molar-refractivity contribution >= 4 is 11.6 Å². The zero-order valence-corrected chi connectivity index (χ0v) is 12.0. The summed E-state index contributed by atoms with van der Waals surface area (Å²) in [6.07, 6.45) is 4.45. The minimum absolute atomic E-state index is 0.00261. The van der Waals surface area contributed by atoms with Gasteiger partial charge in [0.05, 0.1) is 12.6 Å². The van der Waals surface area contributed by atoms with Crippen LogP contribution in [0, 0.1) is 0 Å². The van der Waals surface area contributed by atoms with Gasteiger partial charge in [0.1, 0.15) is 5.75 Å². The number of rotatable bonds is 5. The van der Waals surface area contributed by atoms with Crippen LogP contribution < -0.4 is 15.0 Å². The molecule has 108 valence electrons. The normalized spacial score (nSPS) is 22.9. The maximum absolute atomic E-state index is 12.5. The quantitative estimate of drug-likeness (QED) is 0.896. The third-order valence-corrected chi connectivity index (χ3v) is 3.91. The van der Waals surface area contributed by atoms with Crippen LogP contribution in [0.2, 0.25) is 0 Å². The van der Waals surface area contributed by atoms with Crippen LogP contribution in [0.25, 0.3) is 0 Å². The Labute approximate surface area is 120 Å². The number of hydrogen-bond acceptors (Lipinski definition) is 3. The van der Waals surface area contributed by atoms with E-state index in [1.54, 1.807) is 0 Å². The maximum atomic E-state index is 12.5. The molecule has 1 aromatic carbocycles. The third kappa shape index (κ3) is 2.96. The lowest BCUT2D eigenvalue weighted by Crippen LogP contribution is -2.51. The van der Waals surface area contributed by atoms with Gasteiger partial charge in [0.15, 0.2) is 0 Å². The topological polar surface area (TPSA) is 41.6 Å². The van der Waals surface area contributed by atoms with E-state index in [1.165, 1.54) is 12.8 Å². The molecule has 1 heterocycles. The van der Waals surface area contributed by atoms with Gasteiger partial charge in [-0.15, -0.1) is 0 Å². The Morgan fingerprint density at radius 1 is 1.25 bits per heavy atom. The van der Waals surface area contributed by atoms with E-state index in [4.69, 9.17) is 4.74 Å². The van der Waals surface area contributed by atoms with E-state index in [1.807, 2.05) is 36.1 Å². The van der Waals surface area contributed by atoms with Crippen LogP contribution in [0.5, 0.6) is 5.75 Å². The Morgan fingerprint density at radius 3 is 2.65 bits per heavy atom. The highest BCUT2D eigenvalue weighted by atomic mass is 16.5. The van der Waals surface area contributed by atoms with E-state index in [-0.39, 0.29) is 11.9 Å². The van der Waals surface area contributed by atoms with Crippen LogP contribution in [0.4, 0.5) is 5.69 Å². The second kappa shape index (κ2) is 5.83. The van der Waals surface area contributed by atoms with Crippen LogP contribution in [0.3, 0.4) is 0 Å². The van der Waals surface area contributed by atoms with E-state index < -0.39 is 0 Å². The average Bonchev–Trinajstić information content (AvgIpc) is 3.27. The summed E-state index contributed by atoms with van der Waals surface area (Å²) in [4.78, 5) is 14.4. The predicted molar refractivity (Wildman–Crippen MR) is 79.1 cm³/mol. The number of hydrogen-bond donors (Lipinski definition) is 1. The molecule has 1 amide bonds. The summed E-state index contributed by atoms with van der Waals surface area (Å²) >= 11 is 0. The zero-order chi connectivity index (χ0) is 13.9. The van der Waals surface area contributed by atoms with Gasteiger partial charge in [-0.3, -0.25) is 4.79 Å². The molecule has 1 aliphatic carbocycles. The molecule has 0 bridgehead atoms. The van der Waals surface area contributed by atoms with Gasteiger partial charge in [-0.05, 0) is 56.9 Å². The Kier molecular flexibility index (Phi) is 3.92. The van der Waals surface area contributed by atoms with E-state index >= 15 is 0 Å². The molecule has 1 aromatic rings. The summed E-state index contributed by atoms with van der Waals surface area (Å²) in [5.74, 6) is 1.07. The van der Waals surface area contributed by atoms with E-state index in [0.717, 1.165) is 30.8 Å². The molecule has 2 fully saturated rings. The van der Waals surface area contributed by atoms with Crippen molar-refractivity contribution < 1.29 is 9.53 Å². The van der Waals surface area contributed by atoms with Crippen molar-refractivity contribution in [1.82, 2.24) is 5.32 Å². The molecule has 20 heavy (non-hydrogen) atoms. The van der Waals surface area contributed by atoms with Crippen molar-refractivity contribution in [3.05, 3.63) is 24.3 Å².